The van der Waals surface area contributed by atoms with Gasteiger partial charge in [-0.2, -0.15) is 0 Å². The zero-order valence-corrected chi connectivity index (χ0v) is 11.3. The lowest BCUT2D eigenvalue weighted by molar-refractivity contribution is -0.138. The smallest absolute Gasteiger partial charge is 0.293 e. The van der Waals surface area contributed by atoms with Crippen molar-refractivity contribution in [2.75, 3.05) is 20.1 Å². The SMILES string of the molecule is CC.CC(C)(C)OC=O.CC1CN(C)C1. The van der Waals surface area contributed by atoms with Crippen LogP contribution in [0.3, 0.4) is 0 Å². The number of rotatable bonds is 1. The summed E-state index contributed by atoms with van der Waals surface area (Å²) in [6.45, 7) is 14.8. The third-order valence-electron chi connectivity index (χ3n) is 1.65. The molecule has 0 N–H and O–H groups in total. The average molecular weight is 217 g/mol. The molecule has 1 rings (SSSR count). The van der Waals surface area contributed by atoms with Gasteiger partial charge in [0.05, 0.1) is 0 Å². The molecule has 1 saturated heterocycles. The maximum Gasteiger partial charge on any atom is 0.293 e. The van der Waals surface area contributed by atoms with Crippen molar-refractivity contribution in [3.05, 3.63) is 0 Å². The van der Waals surface area contributed by atoms with Gasteiger partial charge in [-0.15, -0.1) is 0 Å². The predicted molar refractivity (Wildman–Crippen MR) is 64.9 cm³/mol. The highest BCUT2D eigenvalue weighted by molar-refractivity contribution is 5.37. The molecule has 0 aromatic carbocycles. The number of nitrogens with zero attached hydrogens (tertiary/aromatic N) is 1. The van der Waals surface area contributed by atoms with E-state index in [1.54, 1.807) is 0 Å². The summed E-state index contributed by atoms with van der Waals surface area (Å²) in [4.78, 5) is 11.9. The van der Waals surface area contributed by atoms with Gasteiger partial charge >= 0.3 is 0 Å². The van der Waals surface area contributed by atoms with Crippen molar-refractivity contribution in [2.45, 2.75) is 47.1 Å². The van der Waals surface area contributed by atoms with Crippen molar-refractivity contribution in [3.63, 3.8) is 0 Å². The summed E-state index contributed by atoms with van der Waals surface area (Å²) >= 11 is 0. The minimum Gasteiger partial charge on any atom is -0.462 e. The van der Waals surface area contributed by atoms with Crippen LogP contribution in [0.2, 0.25) is 0 Å². The van der Waals surface area contributed by atoms with Crippen LogP contribution in [0.25, 0.3) is 0 Å². The first-order valence-electron chi connectivity index (χ1n) is 5.65. The molecular formula is C12H27NO2. The van der Waals surface area contributed by atoms with E-state index >= 15 is 0 Å². The summed E-state index contributed by atoms with van der Waals surface area (Å²) in [5.74, 6) is 0.968. The lowest BCUT2D eigenvalue weighted by atomic mass is 10.1. The second-order valence-corrected chi connectivity index (χ2v) is 4.65. The van der Waals surface area contributed by atoms with Crippen molar-refractivity contribution in [1.29, 1.82) is 0 Å². The summed E-state index contributed by atoms with van der Waals surface area (Å²) in [5.41, 5.74) is -0.318. The Bertz CT molecular complexity index is 140. The van der Waals surface area contributed by atoms with E-state index in [1.807, 2.05) is 34.6 Å². The highest BCUT2D eigenvalue weighted by atomic mass is 16.5. The fourth-order valence-corrected chi connectivity index (χ4v) is 1.15. The van der Waals surface area contributed by atoms with Crippen LogP contribution in [-0.2, 0) is 9.53 Å². The van der Waals surface area contributed by atoms with Gasteiger partial charge < -0.3 is 9.64 Å². The molecule has 1 aliphatic heterocycles. The molecule has 0 aliphatic carbocycles. The first kappa shape index (κ1) is 16.8. The van der Waals surface area contributed by atoms with Crippen LogP contribution >= 0.6 is 0 Å². The molecule has 1 aliphatic rings. The van der Waals surface area contributed by atoms with E-state index < -0.39 is 0 Å². The van der Waals surface area contributed by atoms with Crippen LogP contribution in [0, 0.1) is 5.92 Å². The molecule has 0 saturated carbocycles. The zero-order valence-electron chi connectivity index (χ0n) is 11.3. The van der Waals surface area contributed by atoms with E-state index in [4.69, 9.17) is 0 Å². The minimum absolute atomic E-state index is 0.318. The number of carbonyl (C=O) groups excluding carboxylic acids is 1. The maximum atomic E-state index is 9.60. The Kier molecular flexibility index (Phi) is 9.79. The zero-order chi connectivity index (χ0) is 12.5. The quantitative estimate of drug-likeness (QED) is 0.632. The average Bonchev–Trinajstić information content (AvgIpc) is 2.05. The van der Waals surface area contributed by atoms with Gasteiger partial charge in [0.25, 0.3) is 6.47 Å². The van der Waals surface area contributed by atoms with Crippen LogP contribution in [0.1, 0.15) is 41.5 Å². The molecule has 15 heavy (non-hydrogen) atoms. The molecule has 0 spiro atoms. The van der Waals surface area contributed by atoms with E-state index in [9.17, 15) is 4.79 Å². The Morgan fingerprint density at radius 3 is 1.67 bits per heavy atom. The standard InChI is InChI=1S/C5H11N.C5H10O2.C2H6/c1-5-3-6(2)4-5;1-5(2,3)7-4-6;1-2/h5H,3-4H2,1-2H3;4H,1-3H3;1-2H3. The molecule has 1 heterocycles. The first-order chi connectivity index (χ1) is 6.85. The highest BCUT2D eigenvalue weighted by Gasteiger charge is 2.16. The van der Waals surface area contributed by atoms with Crippen LogP contribution in [0.5, 0.6) is 0 Å². The number of likely N-dealkylation sites (tertiary alicyclic amines) is 1. The fourth-order valence-electron chi connectivity index (χ4n) is 1.15. The molecule has 0 radical (unpaired) electrons. The number of hydrogen-bond acceptors (Lipinski definition) is 3. The summed E-state index contributed by atoms with van der Waals surface area (Å²) in [6.07, 6.45) is 0. The number of carbonyl (C=O) groups is 1. The lowest BCUT2D eigenvalue weighted by Crippen LogP contribution is -2.41. The predicted octanol–water partition coefficient (Wildman–Crippen LogP) is 2.55. The summed E-state index contributed by atoms with van der Waals surface area (Å²) in [6, 6.07) is 0. The van der Waals surface area contributed by atoms with E-state index in [0.29, 0.717) is 6.47 Å². The highest BCUT2D eigenvalue weighted by Crippen LogP contribution is 2.09. The Balaban J connectivity index is 0. The Morgan fingerprint density at radius 1 is 1.27 bits per heavy atom. The topological polar surface area (TPSA) is 29.5 Å². The molecule has 0 unspecified atom stereocenters. The molecule has 0 bridgehead atoms. The van der Waals surface area contributed by atoms with Gasteiger partial charge in [0.1, 0.15) is 5.60 Å². The lowest BCUT2D eigenvalue weighted by Gasteiger charge is -2.33. The second-order valence-electron chi connectivity index (χ2n) is 4.65. The number of ether oxygens (including phenoxy) is 1. The third kappa shape index (κ3) is 13.4. The van der Waals surface area contributed by atoms with Crippen molar-refractivity contribution < 1.29 is 9.53 Å². The summed E-state index contributed by atoms with van der Waals surface area (Å²) in [5, 5.41) is 0. The van der Waals surface area contributed by atoms with Crippen molar-refractivity contribution in [2.24, 2.45) is 5.92 Å². The second kappa shape index (κ2) is 8.72. The number of hydrogen-bond donors (Lipinski definition) is 0. The Morgan fingerprint density at radius 2 is 1.67 bits per heavy atom. The van der Waals surface area contributed by atoms with E-state index in [0.717, 1.165) is 5.92 Å². The van der Waals surface area contributed by atoms with E-state index in [1.165, 1.54) is 13.1 Å². The Hall–Kier alpha value is -0.570. The van der Waals surface area contributed by atoms with Crippen LogP contribution in [-0.4, -0.2) is 37.1 Å². The molecule has 0 aromatic rings. The summed E-state index contributed by atoms with van der Waals surface area (Å²) < 4.78 is 4.55. The van der Waals surface area contributed by atoms with Crippen LogP contribution in [0.15, 0.2) is 0 Å². The normalized spacial score (nSPS) is 16.2. The van der Waals surface area contributed by atoms with Crippen molar-refractivity contribution >= 4 is 6.47 Å². The molecular weight excluding hydrogens is 190 g/mol. The third-order valence-corrected chi connectivity index (χ3v) is 1.65. The van der Waals surface area contributed by atoms with Crippen molar-refractivity contribution in [1.82, 2.24) is 4.90 Å². The van der Waals surface area contributed by atoms with Gasteiger partial charge in [0.2, 0.25) is 0 Å². The van der Waals surface area contributed by atoms with Gasteiger partial charge in [0, 0.05) is 13.1 Å². The molecule has 3 nitrogen and oxygen atoms in total. The largest absolute Gasteiger partial charge is 0.462 e. The first-order valence-corrected chi connectivity index (χ1v) is 5.65. The van der Waals surface area contributed by atoms with Gasteiger partial charge in [0.15, 0.2) is 0 Å². The minimum atomic E-state index is -0.318. The Labute approximate surface area is 94.8 Å². The molecule has 3 heteroatoms. The van der Waals surface area contributed by atoms with Crippen LogP contribution < -0.4 is 0 Å². The fraction of sp³-hybridized carbons (Fsp3) is 0.917. The molecule has 92 valence electrons. The molecule has 0 atom stereocenters. The van der Waals surface area contributed by atoms with Crippen molar-refractivity contribution in [3.8, 4) is 0 Å². The van der Waals surface area contributed by atoms with Gasteiger partial charge in [-0.3, -0.25) is 4.79 Å². The van der Waals surface area contributed by atoms with Gasteiger partial charge in [-0.05, 0) is 33.7 Å². The molecule has 0 amide bonds. The molecule has 0 aromatic heterocycles. The monoisotopic (exact) mass is 217 g/mol. The van der Waals surface area contributed by atoms with E-state index in [-0.39, 0.29) is 5.60 Å². The molecule has 1 fully saturated rings. The van der Waals surface area contributed by atoms with Crippen LogP contribution in [0.4, 0.5) is 0 Å². The van der Waals surface area contributed by atoms with Gasteiger partial charge in [-0.25, -0.2) is 0 Å². The maximum absolute atomic E-state index is 9.60. The van der Waals surface area contributed by atoms with Gasteiger partial charge in [-0.1, -0.05) is 20.8 Å². The van der Waals surface area contributed by atoms with E-state index in [2.05, 4.69) is 23.6 Å². The summed E-state index contributed by atoms with van der Waals surface area (Å²) in [7, 11) is 2.15.